The third-order valence-corrected chi connectivity index (χ3v) is 14.4. The molecule has 3 aromatic heterocycles. The van der Waals surface area contributed by atoms with Crippen LogP contribution in [-0.4, -0.2) is 97.2 Å². The van der Waals surface area contributed by atoms with E-state index in [1.54, 1.807) is 4.90 Å². The second-order valence-electron chi connectivity index (χ2n) is 16.5. The Hall–Kier alpha value is -2.28. The number of halogens is 1. The molecular formula is C35H53IN6O5Si2. The van der Waals surface area contributed by atoms with Crippen LogP contribution in [0.3, 0.4) is 0 Å². The Morgan fingerprint density at radius 1 is 0.959 bits per heavy atom. The number of piperidine rings is 1. The van der Waals surface area contributed by atoms with Crippen LogP contribution in [0.15, 0.2) is 24.5 Å². The van der Waals surface area contributed by atoms with Crippen molar-refractivity contribution in [3.63, 3.8) is 0 Å². The lowest BCUT2D eigenvalue weighted by Crippen LogP contribution is -2.45. The maximum atomic E-state index is 12.1. The molecule has 3 fully saturated rings. The fourth-order valence-electron chi connectivity index (χ4n) is 6.81. The summed E-state index contributed by atoms with van der Waals surface area (Å²) in [5, 5.41) is 14.9. The molecule has 3 atom stereocenters. The zero-order valence-electron chi connectivity index (χ0n) is 30.0. The van der Waals surface area contributed by atoms with Crippen LogP contribution in [0, 0.1) is 9.49 Å². The molecule has 0 aromatic carbocycles. The molecule has 1 saturated carbocycles. The van der Waals surface area contributed by atoms with Gasteiger partial charge >= 0.3 is 6.09 Å². The minimum atomic E-state index is -1.27. The maximum Gasteiger partial charge on any atom is 0.407 e. The Labute approximate surface area is 306 Å². The second kappa shape index (κ2) is 15.1. The van der Waals surface area contributed by atoms with Gasteiger partial charge in [-0.2, -0.15) is 9.61 Å². The van der Waals surface area contributed by atoms with E-state index in [0.717, 1.165) is 69.6 Å². The van der Waals surface area contributed by atoms with Crippen LogP contribution in [0.25, 0.3) is 16.8 Å². The lowest BCUT2D eigenvalue weighted by Gasteiger charge is -2.37. The maximum absolute atomic E-state index is 12.1. The molecule has 14 heteroatoms. The normalized spacial score (nSPS) is 21.0. The van der Waals surface area contributed by atoms with Crippen LogP contribution in [0.2, 0.25) is 51.4 Å². The van der Waals surface area contributed by atoms with Crippen molar-refractivity contribution in [2.24, 2.45) is 5.92 Å². The van der Waals surface area contributed by atoms with E-state index in [9.17, 15) is 9.90 Å². The summed E-state index contributed by atoms with van der Waals surface area (Å²) in [6, 6.07) is 6.15. The van der Waals surface area contributed by atoms with E-state index in [4.69, 9.17) is 24.3 Å². The van der Waals surface area contributed by atoms with Gasteiger partial charge in [-0.15, -0.1) is 0 Å². The van der Waals surface area contributed by atoms with Crippen LogP contribution in [0.5, 0.6) is 5.88 Å². The average molecular weight is 821 g/mol. The summed E-state index contributed by atoms with van der Waals surface area (Å²) in [4.78, 5) is 26.0. The van der Waals surface area contributed by atoms with E-state index in [-0.39, 0.29) is 18.0 Å². The van der Waals surface area contributed by atoms with Crippen LogP contribution in [0.1, 0.15) is 50.1 Å². The highest BCUT2D eigenvalue weighted by Gasteiger charge is 2.45. The minimum absolute atomic E-state index is 0.0150. The Kier molecular flexibility index (Phi) is 11.3. The third kappa shape index (κ3) is 9.15. The van der Waals surface area contributed by atoms with Crippen molar-refractivity contribution in [3.8, 4) is 17.0 Å². The van der Waals surface area contributed by atoms with E-state index in [1.165, 1.54) is 12.8 Å². The quantitative estimate of drug-likeness (QED) is 0.0665. The number of rotatable bonds is 16. The zero-order valence-corrected chi connectivity index (χ0v) is 34.1. The summed E-state index contributed by atoms with van der Waals surface area (Å²) in [5.74, 6) is 2.32. The molecule has 0 unspecified atom stereocenters. The van der Waals surface area contributed by atoms with Crippen molar-refractivity contribution in [2.75, 3.05) is 38.2 Å². The molecule has 0 radical (unpaired) electrons. The van der Waals surface area contributed by atoms with Crippen molar-refractivity contribution in [2.45, 2.75) is 108 Å². The van der Waals surface area contributed by atoms with Gasteiger partial charge in [0.25, 0.3) is 0 Å². The highest BCUT2D eigenvalue weighted by atomic mass is 127. The number of nitrogens with zero attached hydrogens (tertiary/aromatic N) is 6. The summed E-state index contributed by atoms with van der Waals surface area (Å²) >= 11 is 2.43. The number of amides is 1. The first-order chi connectivity index (χ1) is 23.3. The monoisotopic (exact) mass is 820 g/mol. The molecule has 2 saturated heterocycles. The number of aromatic nitrogens is 4. The molecule has 11 nitrogen and oxygen atoms in total. The topological polar surface area (TPSA) is 115 Å². The molecule has 1 N–H and O–H groups in total. The standard InChI is InChI=1S/C35H53IN6O5Si2/c1-48(2,3)15-13-45-22-40(23-46-14-16-49(4,5)6)34-31(36)32(26-17-27-10-11-28(18-26)41(27)35(43)44)39-33-29(20-38-42(33)34)25-9-12-30(37-19-25)47-21-24-7-8-24/h9,12,19-20,24,26-28H,7-8,10-11,13-18,21-23H2,1-6H3,(H,43,44)/t26-,27-,28+. The predicted octanol–water partition coefficient (Wildman–Crippen LogP) is 8.00. The molecule has 268 valence electrons. The minimum Gasteiger partial charge on any atom is -0.477 e. The summed E-state index contributed by atoms with van der Waals surface area (Å²) in [7, 11) is -2.55. The van der Waals surface area contributed by atoms with Gasteiger partial charge in [0.1, 0.15) is 13.5 Å². The summed E-state index contributed by atoms with van der Waals surface area (Å²) in [5.41, 5.74) is 3.56. The highest BCUT2D eigenvalue weighted by molar-refractivity contribution is 14.1. The van der Waals surface area contributed by atoms with E-state index in [2.05, 4.69) is 71.8 Å². The summed E-state index contributed by atoms with van der Waals surface area (Å²) in [6.07, 6.45) is 8.71. The predicted molar refractivity (Wildman–Crippen MR) is 206 cm³/mol. The molecule has 2 aliphatic heterocycles. The molecule has 2 bridgehead atoms. The first-order valence-corrected chi connectivity index (χ1v) is 26.3. The Balaban J connectivity index is 1.37. The molecule has 5 heterocycles. The number of anilines is 1. The van der Waals surface area contributed by atoms with E-state index in [0.29, 0.717) is 45.1 Å². The lowest BCUT2D eigenvalue weighted by molar-refractivity contribution is 0.0931. The fraction of sp³-hybridized carbons (Fsp3) is 0.657. The van der Waals surface area contributed by atoms with Gasteiger partial charge in [0.15, 0.2) is 11.5 Å². The van der Waals surface area contributed by atoms with Crippen molar-refractivity contribution in [1.29, 1.82) is 0 Å². The lowest BCUT2D eigenvalue weighted by atomic mass is 9.88. The van der Waals surface area contributed by atoms with Crippen LogP contribution in [-0.2, 0) is 9.47 Å². The summed E-state index contributed by atoms with van der Waals surface area (Å²) < 4.78 is 21.6. The van der Waals surface area contributed by atoms with Crippen LogP contribution >= 0.6 is 22.6 Å². The van der Waals surface area contributed by atoms with Gasteiger partial charge in [-0.25, -0.2) is 14.8 Å². The molecule has 6 rings (SSSR count). The number of pyridine rings is 1. The Morgan fingerprint density at radius 2 is 1.59 bits per heavy atom. The van der Waals surface area contributed by atoms with Crippen LogP contribution < -0.4 is 9.64 Å². The van der Waals surface area contributed by atoms with Crippen molar-refractivity contribution < 1.29 is 24.1 Å². The molecule has 0 spiro atoms. The SMILES string of the molecule is C[Si](C)(C)CCOCN(COCC[Si](C)(C)C)c1c(I)c([C@@H]2C[C@H]3CC[C@@H](C2)N3C(=O)O)nc2c(-c3ccc(OCC4CC4)nc3)cnn12. The van der Waals surface area contributed by atoms with E-state index in [1.807, 2.05) is 29.0 Å². The van der Waals surface area contributed by atoms with Crippen molar-refractivity contribution >= 4 is 56.3 Å². The van der Waals surface area contributed by atoms with Crippen molar-refractivity contribution in [3.05, 3.63) is 33.8 Å². The molecule has 1 amide bonds. The van der Waals surface area contributed by atoms with Crippen LogP contribution in [0.4, 0.5) is 10.6 Å². The van der Waals surface area contributed by atoms with Gasteiger partial charge < -0.3 is 29.1 Å². The van der Waals surface area contributed by atoms with Gasteiger partial charge in [0.05, 0.1) is 22.1 Å². The third-order valence-electron chi connectivity index (χ3n) is 9.93. The van der Waals surface area contributed by atoms with Gasteiger partial charge in [-0.1, -0.05) is 39.3 Å². The fourth-order valence-corrected chi connectivity index (χ4v) is 9.46. The molecule has 49 heavy (non-hydrogen) atoms. The number of carboxylic acid groups (broad SMARTS) is 1. The first-order valence-electron chi connectivity index (χ1n) is 17.9. The Morgan fingerprint density at radius 3 is 2.12 bits per heavy atom. The zero-order chi connectivity index (χ0) is 34.9. The number of hydrogen-bond acceptors (Lipinski definition) is 8. The molecule has 1 aliphatic carbocycles. The van der Waals surface area contributed by atoms with Gasteiger partial charge in [0, 0.05) is 70.8 Å². The van der Waals surface area contributed by atoms with Gasteiger partial charge in [-0.05, 0) is 85.2 Å². The molecule has 3 aromatic rings. The van der Waals surface area contributed by atoms with Gasteiger partial charge in [0.2, 0.25) is 5.88 Å². The first kappa shape index (κ1) is 36.5. The number of carbonyl (C=O) groups is 1. The summed E-state index contributed by atoms with van der Waals surface area (Å²) in [6.45, 7) is 17.0. The largest absolute Gasteiger partial charge is 0.477 e. The van der Waals surface area contributed by atoms with Crippen molar-refractivity contribution in [1.82, 2.24) is 24.5 Å². The van der Waals surface area contributed by atoms with E-state index < -0.39 is 22.2 Å². The molecule has 3 aliphatic rings. The van der Waals surface area contributed by atoms with Gasteiger partial charge in [-0.3, -0.25) is 0 Å². The Bertz CT molecular complexity index is 1570. The number of fused-ring (bicyclic) bond motifs is 3. The number of hydrogen-bond donors (Lipinski definition) is 1. The highest BCUT2D eigenvalue weighted by Crippen LogP contribution is 2.45. The van der Waals surface area contributed by atoms with E-state index >= 15 is 0 Å². The second-order valence-corrected chi connectivity index (χ2v) is 28.9. The number of ether oxygens (including phenoxy) is 3. The molecular weight excluding hydrogens is 767 g/mol. The smallest absolute Gasteiger partial charge is 0.407 e. The average Bonchev–Trinajstić information content (AvgIpc) is 3.71.